The minimum absolute atomic E-state index is 0.152. The van der Waals surface area contributed by atoms with Gasteiger partial charge in [-0.15, -0.1) is 0 Å². The summed E-state index contributed by atoms with van der Waals surface area (Å²) in [5.74, 6) is -1.35. The van der Waals surface area contributed by atoms with Crippen LogP contribution in [0.1, 0.15) is 12.8 Å². The van der Waals surface area contributed by atoms with E-state index in [1.165, 1.54) is 0 Å². The molecule has 0 atom stereocenters. The predicted molar refractivity (Wildman–Crippen MR) is 75.5 cm³/mol. The Kier molecular flexibility index (Phi) is 2.96. The molecule has 1 aliphatic carbocycles. The Bertz CT molecular complexity index is 634. The van der Waals surface area contributed by atoms with E-state index in [0.717, 1.165) is 16.7 Å². The quantitative estimate of drug-likeness (QED) is 0.937. The minimum Gasteiger partial charge on any atom is -0.362 e. The van der Waals surface area contributed by atoms with Crippen molar-refractivity contribution >= 4 is 22.7 Å². The fourth-order valence-electron chi connectivity index (χ4n) is 2.41. The molecule has 2 aromatic rings. The number of halogens is 2. The van der Waals surface area contributed by atoms with Crippen LogP contribution in [0.4, 0.5) is 20.5 Å². The van der Waals surface area contributed by atoms with E-state index in [2.05, 4.69) is 15.3 Å². The van der Waals surface area contributed by atoms with Gasteiger partial charge in [-0.3, -0.25) is 0 Å². The molecule has 6 heteroatoms. The molecule has 20 heavy (non-hydrogen) atoms. The Morgan fingerprint density at radius 3 is 2.55 bits per heavy atom. The number of fused-ring (bicyclic) bond motifs is 1. The van der Waals surface area contributed by atoms with Crippen molar-refractivity contribution < 1.29 is 8.78 Å². The van der Waals surface area contributed by atoms with E-state index in [0.29, 0.717) is 5.95 Å². The SMILES string of the molecule is CN(C)c1nc(NC2CC(F)(F)C2)nc2ccccc12. The maximum absolute atomic E-state index is 12.9. The fraction of sp³-hybridized carbons (Fsp3) is 0.429. The summed E-state index contributed by atoms with van der Waals surface area (Å²) in [7, 11) is 3.80. The maximum Gasteiger partial charge on any atom is 0.252 e. The van der Waals surface area contributed by atoms with Crippen molar-refractivity contribution in [2.45, 2.75) is 24.8 Å². The van der Waals surface area contributed by atoms with Gasteiger partial charge >= 0.3 is 0 Å². The highest BCUT2D eigenvalue weighted by Gasteiger charge is 2.45. The van der Waals surface area contributed by atoms with Crippen LogP contribution in [-0.2, 0) is 0 Å². The summed E-state index contributed by atoms with van der Waals surface area (Å²) in [4.78, 5) is 10.7. The molecule has 1 heterocycles. The molecular weight excluding hydrogens is 262 g/mol. The summed E-state index contributed by atoms with van der Waals surface area (Å²) >= 11 is 0. The molecule has 106 valence electrons. The lowest BCUT2D eigenvalue weighted by Crippen LogP contribution is -2.44. The molecule has 0 spiro atoms. The van der Waals surface area contributed by atoms with Crippen molar-refractivity contribution in [3.05, 3.63) is 24.3 Å². The van der Waals surface area contributed by atoms with Crippen LogP contribution in [0.2, 0.25) is 0 Å². The Morgan fingerprint density at radius 1 is 1.20 bits per heavy atom. The van der Waals surface area contributed by atoms with Crippen LogP contribution in [0.5, 0.6) is 0 Å². The monoisotopic (exact) mass is 278 g/mol. The highest BCUT2D eigenvalue weighted by Crippen LogP contribution is 2.39. The standard InChI is InChI=1S/C14H16F2N4/c1-20(2)12-10-5-3-4-6-11(10)18-13(19-12)17-9-7-14(15,16)8-9/h3-6,9H,7-8H2,1-2H3,(H,17,18,19). The average molecular weight is 278 g/mol. The highest BCUT2D eigenvalue weighted by atomic mass is 19.3. The highest BCUT2D eigenvalue weighted by molar-refractivity contribution is 5.90. The summed E-state index contributed by atoms with van der Waals surface area (Å²) < 4.78 is 25.7. The fourth-order valence-corrected chi connectivity index (χ4v) is 2.41. The second-order valence-corrected chi connectivity index (χ2v) is 5.39. The zero-order valence-electron chi connectivity index (χ0n) is 11.4. The van der Waals surface area contributed by atoms with E-state index in [9.17, 15) is 8.78 Å². The van der Waals surface area contributed by atoms with Gasteiger partial charge in [0.15, 0.2) is 0 Å². The van der Waals surface area contributed by atoms with E-state index < -0.39 is 5.92 Å². The first-order valence-corrected chi connectivity index (χ1v) is 6.53. The van der Waals surface area contributed by atoms with Gasteiger partial charge < -0.3 is 10.2 Å². The Hall–Kier alpha value is -1.98. The third-order valence-corrected chi connectivity index (χ3v) is 3.43. The Labute approximate surface area is 115 Å². The molecule has 0 saturated heterocycles. The van der Waals surface area contributed by atoms with Crippen molar-refractivity contribution in [2.24, 2.45) is 0 Å². The van der Waals surface area contributed by atoms with E-state index >= 15 is 0 Å². The number of aromatic nitrogens is 2. The molecule has 1 fully saturated rings. The number of nitrogens with one attached hydrogen (secondary N) is 1. The Morgan fingerprint density at radius 2 is 1.90 bits per heavy atom. The van der Waals surface area contributed by atoms with Gasteiger partial charge in [0, 0.05) is 38.4 Å². The molecule has 0 amide bonds. The summed E-state index contributed by atoms with van der Waals surface area (Å²) in [6.45, 7) is 0. The zero-order chi connectivity index (χ0) is 14.3. The molecule has 0 unspecified atom stereocenters. The summed E-state index contributed by atoms with van der Waals surface area (Å²) in [5, 5.41) is 3.94. The van der Waals surface area contributed by atoms with Crippen LogP contribution in [-0.4, -0.2) is 36.0 Å². The third-order valence-electron chi connectivity index (χ3n) is 3.43. The van der Waals surface area contributed by atoms with Gasteiger partial charge in [-0.2, -0.15) is 4.98 Å². The second-order valence-electron chi connectivity index (χ2n) is 5.39. The maximum atomic E-state index is 12.9. The molecule has 0 aliphatic heterocycles. The summed E-state index contributed by atoms with van der Waals surface area (Å²) in [5.41, 5.74) is 0.805. The number of hydrogen-bond acceptors (Lipinski definition) is 4. The van der Waals surface area contributed by atoms with Gasteiger partial charge in [0.05, 0.1) is 5.52 Å². The number of benzene rings is 1. The molecule has 0 bridgehead atoms. The van der Waals surface area contributed by atoms with E-state index in [1.54, 1.807) is 0 Å². The second kappa shape index (κ2) is 4.54. The lowest BCUT2D eigenvalue weighted by molar-refractivity contribution is -0.0794. The van der Waals surface area contributed by atoms with Gasteiger partial charge in [-0.1, -0.05) is 12.1 Å². The molecule has 0 radical (unpaired) electrons. The molecular formula is C14H16F2N4. The van der Waals surface area contributed by atoms with Gasteiger partial charge in [-0.05, 0) is 12.1 Å². The van der Waals surface area contributed by atoms with Crippen LogP contribution in [0.15, 0.2) is 24.3 Å². The third kappa shape index (κ3) is 2.37. The van der Waals surface area contributed by atoms with E-state index in [1.807, 2.05) is 43.3 Å². The number of alkyl halides is 2. The van der Waals surface area contributed by atoms with Gasteiger partial charge in [0.1, 0.15) is 5.82 Å². The number of anilines is 2. The molecule has 1 aliphatic rings. The molecule has 1 aromatic heterocycles. The number of rotatable bonds is 3. The van der Waals surface area contributed by atoms with Crippen molar-refractivity contribution in [1.82, 2.24) is 9.97 Å². The number of nitrogens with zero attached hydrogens (tertiary/aromatic N) is 3. The lowest BCUT2D eigenvalue weighted by Gasteiger charge is -2.35. The molecule has 4 nitrogen and oxygen atoms in total. The molecule has 3 rings (SSSR count). The van der Waals surface area contributed by atoms with Crippen molar-refractivity contribution in [3.63, 3.8) is 0 Å². The van der Waals surface area contributed by atoms with Crippen LogP contribution in [0.25, 0.3) is 10.9 Å². The summed E-state index contributed by atoms with van der Waals surface area (Å²) in [6, 6.07) is 7.42. The lowest BCUT2D eigenvalue weighted by atomic mass is 9.88. The van der Waals surface area contributed by atoms with Crippen molar-refractivity contribution in [3.8, 4) is 0 Å². The number of hydrogen-bond donors (Lipinski definition) is 1. The van der Waals surface area contributed by atoms with Crippen LogP contribution >= 0.6 is 0 Å². The Balaban J connectivity index is 1.92. The van der Waals surface area contributed by atoms with Crippen LogP contribution in [0, 0.1) is 0 Å². The first kappa shape index (κ1) is 13.0. The zero-order valence-corrected chi connectivity index (χ0v) is 11.4. The predicted octanol–water partition coefficient (Wildman–Crippen LogP) is 2.91. The van der Waals surface area contributed by atoms with Crippen molar-refractivity contribution in [1.29, 1.82) is 0 Å². The van der Waals surface area contributed by atoms with Crippen molar-refractivity contribution in [2.75, 3.05) is 24.3 Å². The smallest absolute Gasteiger partial charge is 0.252 e. The van der Waals surface area contributed by atoms with E-state index in [-0.39, 0.29) is 18.9 Å². The number of para-hydroxylation sites is 1. The largest absolute Gasteiger partial charge is 0.362 e. The van der Waals surface area contributed by atoms with Gasteiger partial charge in [-0.25, -0.2) is 13.8 Å². The molecule has 1 saturated carbocycles. The normalized spacial score (nSPS) is 17.8. The van der Waals surface area contributed by atoms with Gasteiger partial charge in [0.25, 0.3) is 5.92 Å². The van der Waals surface area contributed by atoms with Crippen LogP contribution < -0.4 is 10.2 Å². The summed E-state index contributed by atoms with van der Waals surface area (Å²) in [6.07, 6.45) is -0.305. The van der Waals surface area contributed by atoms with Gasteiger partial charge in [0.2, 0.25) is 5.95 Å². The molecule has 1 aromatic carbocycles. The minimum atomic E-state index is -2.54. The van der Waals surface area contributed by atoms with E-state index in [4.69, 9.17) is 0 Å². The first-order valence-electron chi connectivity index (χ1n) is 6.53. The average Bonchev–Trinajstić information content (AvgIpc) is 2.35. The molecule has 1 N–H and O–H groups in total. The first-order chi connectivity index (χ1) is 9.44. The topological polar surface area (TPSA) is 41.1 Å². The van der Waals surface area contributed by atoms with Crippen LogP contribution in [0.3, 0.4) is 0 Å².